The summed E-state index contributed by atoms with van der Waals surface area (Å²) >= 11 is 0. The van der Waals surface area contributed by atoms with Crippen molar-refractivity contribution in [2.75, 3.05) is 26.4 Å². The second-order valence-electron chi connectivity index (χ2n) is 13.3. The number of allylic oxidation sites excluding steroid dienone is 2. The molecule has 0 saturated carbocycles. The number of esters is 2. The Morgan fingerprint density at radius 3 is 1.47 bits per heavy atom. The predicted molar refractivity (Wildman–Crippen MR) is 196 cm³/mol. The van der Waals surface area contributed by atoms with Crippen LogP contribution in [0.4, 0.5) is 0 Å². The molecule has 0 fully saturated rings. The molecule has 3 N–H and O–H groups in total. The lowest BCUT2D eigenvalue weighted by Crippen LogP contribution is -2.29. The molecular weight excluding hydrogens is 647 g/mol. The van der Waals surface area contributed by atoms with Gasteiger partial charge in [0.1, 0.15) is 12.7 Å². The van der Waals surface area contributed by atoms with Gasteiger partial charge >= 0.3 is 19.8 Å². The van der Waals surface area contributed by atoms with E-state index in [0.717, 1.165) is 44.9 Å². The van der Waals surface area contributed by atoms with Crippen molar-refractivity contribution in [2.24, 2.45) is 0 Å². The van der Waals surface area contributed by atoms with Crippen molar-refractivity contribution < 1.29 is 47.8 Å². The van der Waals surface area contributed by atoms with Crippen LogP contribution in [0.1, 0.15) is 181 Å². The van der Waals surface area contributed by atoms with E-state index in [1.54, 1.807) is 0 Å². The molecule has 0 heterocycles. The van der Waals surface area contributed by atoms with Gasteiger partial charge in [-0.3, -0.25) is 18.6 Å². The zero-order chi connectivity index (χ0) is 36.3. The Kier molecular flexibility index (Phi) is 34.2. The van der Waals surface area contributed by atoms with Crippen molar-refractivity contribution in [3.05, 3.63) is 12.2 Å². The van der Waals surface area contributed by atoms with Crippen LogP contribution in [-0.2, 0) is 32.7 Å². The molecule has 10 nitrogen and oxygen atoms in total. The minimum absolute atomic E-state index is 0.187. The molecule has 0 spiro atoms. The fourth-order valence-electron chi connectivity index (χ4n) is 5.34. The van der Waals surface area contributed by atoms with E-state index in [9.17, 15) is 24.2 Å². The Hall–Kier alpha value is -1.29. The SMILES string of the molecule is CCCCCCCC/C=C\CCCCCCCCCC(=O)OC[C@H](COP(=O)(O)OC[C@@H](O)CO)OC(=O)CCCCCCCCCCC. The Morgan fingerprint density at radius 1 is 0.592 bits per heavy atom. The highest BCUT2D eigenvalue weighted by Gasteiger charge is 2.27. The maximum Gasteiger partial charge on any atom is 0.472 e. The minimum Gasteiger partial charge on any atom is -0.462 e. The van der Waals surface area contributed by atoms with Gasteiger partial charge in [0.2, 0.25) is 0 Å². The molecule has 0 bridgehead atoms. The van der Waals surface area contributed by atoms with E-state index in [1.165, 1.54) is 96.3 Å². The summed E-state index contributed by atoms with van der Waals surface area (Å²) in [6.45, 7) is 2.34. The lowest BCUT2D eigenvalue weighted by molar-refractivity contribution is -0.161. The predicted octanol–water partition coefficient (Wildman–Crippen LogP) is 9.67. The summed E-state index contributed by atoms with van der Waals surface area (Å²) in [5.41, 5.74) is 0. The highest BCUT2D eigenvalue weighted by Crippen LogP contribution is 2.43. The number of unbranched alkanes of at least 4 members (excludes halogenated alkanes) is 21. The number of rotatable bonds is 37. The van der Waals surface area contributed by atoms with E-state index >= 15 is 0 Å². The molecule has 0 aliphatic rings. The Balaban J connectivity index is 4.27. The van der Waals surface area contributed by atoms with Crippen LogP contribution in [0, 0.1) is 0 Å². The average Bonchev–Trinajstić information content (AvgIpc) is 3.09. The van der Waals surface area contributed by atoms with Crippen LogP contribution < -0.4 is 0 Å². The highest BCUT2D eigenvalue weighted by molar-refractivity contribution is 7.47. The second-order valence-corrected chi connectivity index (χ2v) is 14.8. The first-order chi connectivity index (χ1) is 23.7. The molecule has 11 heteroatoms. The van der Waals surface area contributed by atoms with Gasteiger partial charge in [-0.2, -0.15) is 0 Å². The molecular formula is C38H73O10P. The topological polar surface area (TPSA) is 149 Å². The van der Waals surface area contributed by atoms with Crippen molar-refractivity contribution in [1.29, 1.82) is 0 Å². The van der Waals surface area contributed by atoms with E-state index in [4.69, 9.17) is 19.1 Å². The molecule has 0 aromatic carbocycles. The normalized spacial score (nSPS) is 14.1. The molecule has 0 aromatic rings. The maximum atomic E-state index is 12.5. The van der Waals surface area contributed by atoms with Crippen LogP contribution in [0.15, 0.2) is 12.2 Å². The molecule has 49 heavy (non-hydrogen) atoms. The number of carbonyl (C=O) groups is 2. The first kappa shape index (κ1) is 47.7. The third-order valence-corrected chi connectivity index (χ3v) is 9.37. The van der Waals surface area contributed by atoms with E-state index in [2.05, 4.69) is 30.5 Å². The van der Waals surface area contributed by atoms with E-state index in [-0.39, 0.29) is 19.4 Å². The second kappa shape index (κ2) is 35.1. The van der Waals surface area contributed by atoms with Crippen molar-refractivity contribution >= 4 is 19.8 Å². The largest absolute Gasteiger partial charge is 0.472 e. The van der Waals surface area contributed by atoms with Gasteiger partial charge in [-0.25, -0.2) is 4.57 Å². The molecule has 0 radical (unpaired) electrons. The molecule has 0 rings (SSSR count). The van der Waals surface area contributed by atoms with Gasteiger partial charge in [0.25, 0.3) is 0 Å². The standard InChI is InChI=1S/C38H73O10P/c1-3-5-7-9-11-13-14-15-16-17-18-19-20-22-23-25-27-29-37(41)45-33-36(34-47-49(43,44)46-32-35(40)31-39)48-38(42)30-28-26-24-21-12-10-8-6-4-2/h15-16,35-36,39-40H,3-14,17-34H2,1-2H3,(H,43,44)/b16-15-/t35-,36+/m0/s1. The third-order valence-electron chi connectivity index (χ3n) is 8.42. The van der Waals surface area contributed by atoms with Gasteiger partial charge in [-0.05, 0) is 38.5 Å². The molecule has 0 saturated heterocycles. The van der Waals surface area contributed by atoms with E-state index < -0.39 is 51.8 Å². The molecule has 0 aliphatic heterocycles. The van der Waals surface area contributed by atoms with Crippen molar-refractivity contribution in [3.8, 4) is 0 Å². The number of aliphatic hydroxyl groups excluding tert-OH is 2. The number of phosphoric ester groups is 1. The van der Waals surface area contributed by atoms with Crippen molar-refractivity contribution in [1.82, 2.24) is 0 Å². The molecule has 290 valence electrons. The maximum absolute atomic E-state index is 12.5. The van der Waals surface area contributed by atoms with Gasteiger partial charge in [0, 0.05) is 12.8 Å². The van der Waals surface area contributed by atoms with E-state index in [1.807, 2.05) is 0 Å². The molecule has 1 unspecified atom stereocenters. The number of phosphoric acid groups is 1. The van der Waals surface area contributed by atoms with Gasteiger partial charge < -0.3 is 24.6 Å². The highest BCUT2D eigenvalue weighted by atomic mass is 31.2. The number of hydrogen-bond donors (Lipinski definition) is 3. The summed E-state index contributed by atoms with van der Waals surface area (Å²) in [5.74, 6) is -0.927. The first-order valence-corrected chi connectivity index (χ1v) is 21.1. The van der Waals surface area contributed by atoms with E-state index in [0.29, 0.717) is 12.8 Å². The average molecular weight is 721 g/mol. The summed E-state index contributed by atoms with van der Waals surface area (Å²) in [6.07, 6.45) is 30.5. The molecule has 0 amide bonds. The minimum atomic E-state index is -4.60. The first-order valence-electron chi connectivity index (χ1n) is 19.6. The lowest BCUT2D eigenvalue weighted by atomic mass is 10.1. The van der Waals surface area contributed by atoms with Crippen LogP contribution in [-0.4, -0.2) is 65.7 Å². The Morgan fingerprint density at radius 2 is 1.00 bits per heavy atom. The zero-order valence-corrected chi connectivity index (χ0v) is 32.1. The lowest BCUT2D eigenvalue weighted by Gasteiger charge is -2.20. The van der Waals surface area contributed by atoms with Crippen LogP contribution in [0.5, 0.6) is 0 Å². The smallest absolute Gasteiger partial charge is 0.462 e. The van der Waals surface area contributed by atoms with Crippen molar-refractivity contribution in [3.63, 3.8) is 0 Å². The zero-order valence-electron chi connectivity index (χ0n) is 31.2. The number of ether oxygens (including phenoxy) is 2. The number of carbonyl (C=O) groups excluding carboxylic acids is 2. The van der Waals surface area contributed by atoms with Gasteiger partial charge in [-0.1, -0.05) is 142 Å². The number of hydrogen-bond acceptors (Lipinski definition) is 9. The van der Waals surface area contributed by atoms with Crippen LogP contribution in [0.3, 0.4) is 0 Å². The molecule has 0 aromatic heterocycles. The fourth-order valence-corrected chi connectivity index (χ4v) is 6.13. The summed E-state index contributed by atoms with van der Waals surface area (Å²) in [6, 6.07) is 0. The van der Waals surface area contributed by atoms with Crippen LogP contribution >= 0.6 is 7.82 Å². The van der Waals surface area contributed by atoms with Gasteiger partial charge in [0.05, 0.1) is 19.8 Å². The molecule has 3 atom stereocenters. The summed E-state index contributed by atoms with van der Waals surface area (Å²) in [4.78, 5) is 34.7. The van der Waals surface area contributed by atoms with Crippen molar-refractivity contribution in [2.45, 2.75) is 193 Å². The summed E-state index contributed by atoms with van der Waals surface area (Å²) < 4.78 is 32.5. The third kappa shape index (κ3) is 34.9. The fraction of sp³-hybridized carbons (Fsp3) is 0.895. The summed E-state index contributed by atoms with van der Waals surface area (Å²) in [7, 11) is -4.60. The van der Waals surface area contributed by atoms with Crippen LogP contribution in [0.2, 0.25) is 0 Å². The van der Waals surface area contributed by atoms with Crippen LogP contribution in [0.25, 0.3) is 0 Å². The van der Waals surface area contributed by atoms with Gasteiger partial charge in [0.15, 0.2) is 6.10 Å². The number of aliphatic hydroxyl groups is 2. The Bertz CT molecular complexity index is 837. The Labute approximate surface area is 298 Å². The molecule has 0 aliphatic carbocycles. The monoisotopic (exact) mass is 720 g/mol. The summed E-state index contributed by atoms with van der Waals surface area (Å²) in [5, 5.41) is 18.2. The quantitative estimate of drug-likeness (QED) is 0.0245. The van der Waals surface area contributed by atoms with Gasteiger partial charge in [-0.15, -0.1) is 0 Å².